The summed E-state index contributed by atoms with van der Waals surface area (Å²) >= 11 is 1.95. The smallest absolute Gasteiger partial charge is 0.270 e. The maximum atomic E-state index is 12.5. The van der Waals surface area contributed by atoms with Gasteiger partial charge < -0.3 is 4.90 Å². The summed E-state index contributed by atoms with van der Waals surface area (Å²) in [5, 5.41) is 11.4. The third-order valence-corrected chi connectivity index (χ3v) is 5.16. The number of nitro benzene ring substituents is 1. The molecule has 1 aliphatic carbocycles. The molecule has 21 heavy (non-hydrogen) atoms. The molecule has 6 heteroatoms. The molecule has 114 valence electrons. The molecule has 1 aliphatic rings. The van der Waals surface area contributed by atoms with Gasteiger partial charge in [-0.3, -0.25) is 14.9 Å². The second kappa shape index (κ2) is 6.93. The number of hydrogen-bond acceptors (Lipinski definition) is 4. The van der Waals surface area contributed by atoms with Gasteiger partial charge in [-0.1, -0.05) is 13.0 Å². The number of carbonyl (C=O) groups excluding carboxylic acids is 1. The fraction of sp³-hybridized carbons (Fsp3) is 0.533. The lowest BCUT2D eigenvalue weighted by Crippen LogP contribution is -2.35. The summed E-state index contributed by atoms with van der Waals surface area (Å²) in [6, 6.07) is 6.19. The van der Waals surface area contributed by atoms with Crippen molar-refractivity contribution < 1.29 is 9.72 Å². The molecule has 1 saturated carbocycles. The second-order valence-electron chi connectivity index (χ2n) is 5.27. The van der Waals surface area contributed by atoms with E-state index in [1.165, 1.54) is 12.1 Å². The van der Waals surface area contributed by atoms with E-state index < -0.39 is 4.92 Å². The Morgan fingerprint density at radius 1 is 1.48 bits per heavy atom. The number of nitrogens with zero attached hydrogens (tertiary/aromatic N) is 2. The first-order valence-electron chi connectivity index (χ1n) is 7.16. The molecule has 0 aliphatic heterocycles. The Hall–Kier alpha value is -1.56. The van der Waals surface area contributed by atoms with E-state index in [9.17, 15) is 14.9 Å². The lowest BCUT2D eigenvalue weighted by molar-refractivity contribution is -0.384. The average Bonchev–Trinajstić information content (AvgIpc) is 2.95. The number of rotatable bonds is 5. The van der Waals surface area contributed by atoms with E-state index in [0.717, 1.165) is 25.0 Å². The Kier molecular flexibility index (Phi) is 5.22. The van der Waals surface area contributed by atoms with Crippen molar-refractivity contribution in [3.05, 3.63) is 39.9 Å². The summed E-state index contributed by atoms with van der Waals surface area (Å²) in [7, 11) is 1.80. The van der Waals surface area contributed by atoms with E-state index >= 15 is 0 Å². The molecular formula is C15H20N2O3S. The van der Waals surface area contributed by atoms with Crippen molar-refractivity contribution in [2.75, 3.05) is 12.8 Å². The number of hydrogen-bond donors (Lipinski definition) is 0. The molecule has 0 unspecified atom stereocenters. The first kappa shape index (κ1) is 15.8. The fourth-order valence-corrected chi connectivity index (χ4v) is 3.91. The summed E-state index contributed by atoms with van der Waals surface area (Å²) in [6.07, 6.45) is 3.15. The number of carbonyl (C=O) groups is 1. The predicted octanol–water partition coefficient (Wildman–Crippen LogP) is 3.34. The molecule has 1 aromatic carbocycles. The zero-order chi connectivity index (χ0) is 15.4. The van der Waals surface area contributed by atoms with Crippen molar-refractivity contribution in [3.8, 4) is 0 Å². The molecule has 5 nitrogen and oxygen atoms in total. The first-order valence-corrected chi connectivity index (χ1v) is 8.21. The van der Waals surface area contributed by atoms with Gasteiger partial charge >= 0.3 is 0 Å². The van der Waals surface area contributed by atoms with Gasteiger partial charge in [-0.2, -0.15) is 11.8 Å². The number of amides is 1. The highest BCUT2D eigenvalue weighted by Gasteiger charge is 2.30. The lowest BCUT2D eigenvalue weighted by Gasteiger charge is -2.24. The molecule has 2 rings (SSSR count). The zero-order valence-electron chi connectivity index (χ0n) is 12.3. The van der Waals surface area contributed by atoms with E-state index in [-0.39, 0.29) is 17.6 Å². The van der Waals surface area contributed by atoms with Crippen molar-refractivity contribution in [1.82, 2.24) is 4.90 Å². The molecule has 0 heterocycles. The number of non-ortho nitro benzene ring substituents is 1. The van der Waals surface area contributed by atoms with E-state index in [0.29, 0.717) is 10.8 Å². The molecule has 1 amide bonds. The monoisotopic (exact) mass is 308 g/mol. The molecule has 1 aromatic rings. The zero-order valence-corrected chi connectivity index (χ0v) is 13.1. The molecule has 0 saturated heterocycles. The predicted molar refractivity (Wildman–Crippen MR) is 84.7 cm³/mol. The Morgan fingerprint density at radius 3 is 2.90 bits per heavy atom. The molecule has 0 N–H and O–H groups in total. The van der Waals surface area contributed by atoms with Gasteiger partial charge in [0.05, 0.1) is 4.92 Å². The number of benzene rings is 1. The van der Waals surface area contributed by atoms with E-state index in [1.54, 1.807) is 24.1 Å². The Morgan fingerprint density at radius 2 is 2.24 bits per heavy atom. The highest BCUT2D eigenvalue weighted by molar-refractivity contribution is 7.99. The fourth-order valence-electron chi connectivity index (χ4n) is 2.78. The van der Waals surface area contributed by atoms with Crippen LogP contribution in [0.4, 0.5) is 5.69 Å². The minimum atomic E-state index is -0.472. The van der Waals surface area contributed by atoms with Crippen LogP contribution in [0.2, 0.25) is 0 Å². The van der Waals surface area contributed by atoms with Gasteiger partial charge in [0.2, 0.25) is 0 Å². The number of nitro groups is 1. The van der Waals surface area contributed by atoms with Gasteiger partial charge in [0, 0.05) is 36.0 Å². The minimum Gasteiger partial charge on any atom is -0.339 e. The van der Waals surface area contributed by atoms with Crippen molar-refractivity contribution >= 4 is 23.4 Å². The summed E-state index contributed by atoms with van der Waals surface area (Å²) < 4.78 is 0. The van der Waals surface area contributed by atoms with Crippen LogP contribution < -0.4 is 0 Å². The largest absolute Gasteiger partial charge is 0.339 e. The Balaban J connectivity index is 2.06. The van der Waals surface area contributed by atoms with Crippen LogP contribution in [0.25, 0.3) is 0 Å². The molecule has 2 atom stereocenters. The van der Waals surface area contributed by atoms with Gasteiger partial charge in [0.15, 0.2) is 0 Å². The molecule has 0 spiro atoms. The molecule has 0 aromatic heterocycles. The van der Waals surface area contributed by atoms with Crippen LogP contribution in [0.5, 0.6) is 0 Å². The van der Waals surface area contributed by atoms with Gasteiger partial charge in [-0.15, -0.1) is 0 Å². The molecule has 0 bridgehead atoms. The van der Waals surface area contributed by atoms with Crippen LogP contribution in [-0.4, -0.2) is 39.8 Å². The van der Waals surface area contributed by atoms with Crippen molar-refractivity contribution in [3.63, 3.8) is 0 Å². The van der Waals surface area contributed by atoms with Crippen LogP contribution in [0, 0.1) is 10.1 Å². The Bertz CT molecular complexity index is 535. The SMILES string of the molecule is CCS[C@@H]1CC[C@H](N(C)C(=O)c2cccc([N+](=O)[O-])c2)C1. The highest BCUT2D eigenvalue weighted by atomic mass is 32.2. The number of thioether (sulfide) groups is 1. The second-order valence-corrected chi connectivity index (χ2v) is 6.85. The van der Waals surface area contributed by atoms with Gasteiger partial charge in [-0.05, 0) is 31.1 Å². The minimum absolute atomic E-state index is 0.0416. The Labute approximate surface area is 128 Å². The van der Waals surface area contributed by atoms with Crippen LogP contribution in [0.1, 0.15) is 36.5 Å². The van der Waals surface area contributed by atoms with Crippen molar-refractivity contribution in [2.24, 2.45) is 0 Å². The van der Waals surface area contributed by atoms with Gasteiger partial charge in [-0.25, -0.2) is 0 Å². The average molecular weight is 308 g/mol. The highest BCUT2D eigenvalue weighted by Crippen LogP contribution is 2.32. The first-order chi connectivity index (χ1) is 10.0. The summed E-state index contributed by atoms with van der Waals surface area (Å²) in [5.74, 6) is 0.964. The van der Waals surface area contributed by atoms with Crippen LogP contribution in [0.15, 0.2) is 24.3 Å². The molecular weight excluding hydrogens is 288 g/mol. The maximum Gasteiger partial charge on any atom is 0.270 e. The molecule has 1 fully saturated rings. The summed E-state index contributed by atoms with van der Waals surface area (Å²) in [5.41, 5.74) is 0.346. The van der Waals surface area contributed by atoms with Gasteiger partial charge in [0.25, 0.3) is 11.6 Å². The van der Waals surface area contributed by atoms with Crippen LogP contribution in [-0.2, 0) is 0 Å². The van der Waals surface area contributed by atoms with E-state index in [1.807, 2.05) is 11.8 Å². The maximum absolute atomic E-state index is 12.5. The van der Waals surface area contributed by atoms with E-state index in [2.05, 4.69) is 6.92 Å². The standard InChI is InChI=1S/C15H20N2O3S/c1-3-21-14-8-7-12(10-14)16(2)15(18)11-5-4-6-13(9-11)17(19)20/h4-6,9,12,14H,3,7-8,10H2,1-2H3/t12-,14+/m0/s1. The van der Waals surface area contributed by atoms with Crippen molar-refractivity contribution in [2.45, 2.75) is 37.5 Å². The normalized spacial score (nSPS) is 21.2. The van der Waals surface area contributed by atoms with E-state index in [4.69, 9.17) is 0 Å². The van der Waals surface area contributed by atoms with Crippen LogP contribution in [0.3, 0.4) is 0 Å². The third kappa shape index (κ3) is 3.75. The van der Waals surface area contributed by atoms with Crippen LogP contribution >= 0.6 is 11.8 Å². The molecule has 0 radical (unpaired) electrons. The van der Waals surface area contributed by atoms with Gasteiger partial charge in [0.1, 0.15) is 0 Å². The van der Waals surface area contributed by atoms with Crippen molar-refractivity contribution in [1.29, 1.82) is 0 Å². The topological polar surface area (TPSA) is 63.5 Å². The third-order valence-electron chi connectivity index (χ3n) is 3.93. The summed E-state index contributed by atoms with van der Waals surface area (Å²) in [4.78, 5) is 24.5. The quantitative estimate of drug-likeness (QED) is 0.618. The lowest BCUT2D eigenvalue weighted by atomic mass is 10.1. The summed E-state index contributed by atoms with van der Waals surface area (Å²) in [6.45, 7) is 2.15.